The van der Waals surface area contributed by atoms with E-state index in [0.29, 0.717) is 6.07 Å². The summed E-state index contributed by atoms with van der Waals surface area (Å²) in [5.74, 6) is -1.49. The largest absolute Gasteiger partial charge is 0.417 e. The van der Waals surface area contributed by atoms with Gasteiger partial charge in [-0.2, -0.15) is 17.6 Å². The Morgan fingerprint density at radius 1 is 1.33 bits per heavy atom. The van der Waals surface area contributed by atoms with Gasteiger partial charge in [0.25, 0.3) is 0 Å². The van der Waals surface area contributed by atoms with Gasteiger partial charge < -0.3 is 0 Å². The summed E-state index contributed by atoms with van der Waals surface area (Å²) in [5, 5.41) is 10.2. The molecule has 0 aliphatic carbocycles. The van der Waals surface area contributed by atoms with Gasteiger partial charge in [0.15, 0.2) is 0 Å². The minimum atomic E-state index is -4.72. The first-order valence-corrected chi connectivity index (χ1v) is 4.52. The van der Waals surface area contributed by atoms with E-state index in [-0.39, 0.29) is 6.07 Å². The Morgan fingerprint density at radius 3 is 2.27 bits per heavy atom. The molecule has 0 N–H and O–H groups in total. The van der Waals surface area contributed by atoms with Gasteiger partial charge in [-0.15, -0.1) is 0 Å². The van der Waals surface area contributed by atoms with E-state index in [1.807, 2.05) is 0 Å². The van der Waals surface area contributed by atoms with Crippen LogP contribution in [-0.2, 0) is 6.18 Å². The van der Waals surface area contributed by atoms with E-state index < -0.39 is 31.7 Å². The Hall–Kier alpha value is -0.930. The molecular formula is C7H2F4INO2. The molecule has 0 radical (unpaired) electrons. The molecule has 0 aliphatic heterocycles. The third-order valence-electron chi connectivity index (χ3n) is 1.54. The smallest absolute Gasteiger partial charge is 0.258 e. The topological polar surface area (TPSA) is 43.1 Å². The summed E-state index contributed by atoms with van der Waals surface area (Å²) in [7, 11) is 0. The molecule has 8 heteroatoms. The molecule has 1 rings (SSSR count). The highest BCUT2D eigenvalue weighted by atomic mass is 127. The number of nitrogens with zero attached hydrogens (tertiary/aromatic N) is 1. The minimum Gasteiger partial charge on any atom is -0.258 e. The van der Waals surface area contributed by atoms with E-state index in [0.717, 1.165) is 0 Å². The van der Waals surface area contributed by atoms with Crippen molar-refractivity contribution in [3.63, 3.8) is 0 Å². The van der Waals surface area contributed by atoms with Gasteiger partial charge in [0.05, 0.1) is 10.5 Å². The number of nitro groups is 1. The fraction of sp³-hybridized carbons (Fsp3) is 0.143. The maximum Gasteiger partial charge on any atom is 0.417 e. The van der Waals surface area contributed by atoms with Crippen molar-refractivity contribution in [1.82, 2.24) is 0 Å². The Morgan fingerprint density at radius 2 is 1.87 bits per heavy atom. The molecule has 0 bridgehead atoms. The second kappa shape index (κ2) is 3.91. The van der Waals surface area contributed by atoms with Gasteiger partial charge in [-0.05, 0) is 28.7 Å². The van der Waals surface area contributed by atoms with E-state index in [4.69, 9.17) is 0 Å². The standard InChI is InChI=1S/C7H2F4INO2/c8-4-1-3(7(9,10)11)5(12)2-6(4)13(14)15/h1-2H. The first kappa shape index (κ1) is 12.1. The Labute approximate surface area is 94.4 Å². The number of halogens is 5. The first-order chi connectivity index (χ1) is 6.73. The van der Waals surface area contributed by atoms with Crippen LogP contribution in [-0.4, -0.2) is 4.92 Å². The average Bonchev–Trinajstić information content (AvgIpc) is 2.06. The average molecular weight is 335 g/mol. The Kier molecular flexibility index (Phi) is 3.16. The molecule has 82 valence electrons. The van der Waals surface area contributed by atoms with Gasteiger partial charge in [-0.3, -0.25) is 10.1 Å². The van der Waals surface area contributed by atoms with Crippen molar-refractivity contribution in [2.45, 2.75) is 6.18 Å². The predicted octanol–water partition coefficient (Wildman–Crippen LogP) is 3.36. The van der Waals surface area contributed by atoms with Crippen LogP contribution >= 0.6 is 22.6 Å². The van der Waals surface area contributed by atoms with Crippen molar-refractivity contribution in [2.75, 3.05) is 0 Å². The van der Waals surface area contributed by atoms with E-state index in [2.05, 4.69) is 0 Å². The molecule has 0 aromatic heterocycles. The quantitative estimate of drug-likeness (QED) is 0.342. The molecule has 1 aromatic rings. The zero-order valence-electron chi connectivity index (χ0n) is 6.81. The number of hydrogen-bond donors (Lipinski definition) is 0. The molecule has 0 atom stereocenters. The first-order valence-electron chi connectivity index (χ1n) is 3.44. The summed E-state index contributed by atoms with van der Waals surface area (Å²) in [5.41, 5.74) is -2.18. The fourth-order valence-corrected chi connectivity index (χ4v) is 1.65. The van der Waals surface area contributed by atoms with Crippen molar-refractivity contribution in [3.05, 3.63) is 37.2 Å². The summed E-state index contributed by atoms with van der Waals surface area (Å²) in [6.45, 7) is 0. The van der Waals surface area contributed by atoms with Crippen LogP contribution in [0.1, 0.15) is 5.56 Å². The lowest BCUT2D eigenvalue weighted by Crippen LogP contribution is -2.09. The van der Waals surface area contributed by atoms with Crippen LogP contribution in [0.3, 0.4) is 0 Å². The monoisotopic (exact) mass is 335 g/mol. The van der Waals surface area contributed by atoms with Crippen molar-refractivity contribution in [2.24, 2.45) is 0 Å². The van der Waals surface area contributed by atoms with Crippen LogP contribution in [0.15, 0.2) is 12.1 Å². The van der Waals surface area contributed by atoms with Gasteiger partial charge in [0.2, 0.25) is 5.82 Å². The van der Waals surface area contributed by atoms with Crippen LogP contribution in [0.25, 0.3) is 0 Å². The molecule has 3 nitrogen and oxygen atoms in total. The van der Waals surface area contributed by atoms with Gasteiger partial charge in [-0.1, -0.05) is 0 Å². The van der Waals surface area contributed by atoms with E-state index in [1.54, 1.807) is 0 Å². The number of alkyl halides is 3. The minimum absolute atomic E-state index is 0.125. The SMILES string of the molecule is O=[N+]([O-])c1cc(I)c(C(F)(F)F)cc1F. The third-order valence-corrected chi connectivity index (χ3v) is 2.43. The molecule has 0 heterocycles. The molecule has 15 heavy (non-hydrogen) atoms. The van der Waals surface area contributed by atoms with Gasteiger partial charge >= 0.3 is 11.9 Å². The molecule has 0 amide bonds. The Balaban J connectivity index is 3.39. The highest BCUT2D eigenvalue weighted by Gasteiger charge is 2.35. The van der Waals surface area contributed by atoms with E-state index in [9.17, 15) is 27.7 Å². The number of nitro benzene ring substituents is 1. The lowest BCUT2D eigenvalue weighted by Gasteiger charge is -2.08. The molecule has 0 aliphatic rings. The molecular weight excluding hydrogens is 333 g/mol. The molecule has 0 saturated carbocycles. The molecule has 0 saturated heterocycles. The van der Waals surface area contributed by atoms with Crippen LogP contribution < -0.4 is 0 Å². The molecule has 0 spiro atoms. The lowest BCUT2D eigenvalue weighted by molar-refractivity contribution is -0.387. The van der Waals surface area contributed by atoms with Crippen LogP contribution in [0.4, 0.5) is 23.2 Å². The second-order valence-electron chi connectivity index (χ2n) is 2.54. The van der Waals surface area contributed by atoms with Crippen LogP contribution in [0, 0.1) is 19.5 Å². The summed E-state index contributed by atoms with van der Waals surface area (Å²) < 4.78 is 49.1. The second-order valence-corrected chi connectivity index (χ2v) is 3.70. The Bertz CT molecular complexity index is 418. The van der Waals surface area contributed by atoms with Crippen LogP contribution in [0.5, 0.6) is 0 Å². The van der Waals surface area contributed by atoms with Gasteiger partial charge in [0.1, 0.15) is 0 Å². The zero-order valence-corrected chi connectivity index (χ0v) is 8.97. The highest BCUT2D eigenvalue weighted by Crippen LogP contribution is 2.35. The zero-order chi connectivity index (χ0) is 11.8. The predicted molar refractivity (Wildman–Crippen MR) is 50.8 cm³/mol. The molecule has 1 aromatic carbocycles. The van der Waals surface area contributed by atoms with Crippen LogP contribution in [0.2, 0.25) is 0 Å². The summed E-state index contributed by atoms with van der Waals surface area (Å²) in [6.07, 6.45) is -4.72. The highest BCUT2D eigenvalue weighted by molar-refractivity contribution is 14.1. The number of benzene rings is 1. The van der Waals surface area contributed by atoms with Gasteiger partial charge in [0, 0.05) is 9.64 Å². The fourth-order valence-electron chi connectivity index (χ4n) is 0.893. The van der Waals surface area contributed by atoms with Crippen molar-refractivity contribution >= 4 is 28.3 Å². The summed E-state index contributed by atoms with van der Waals surface area (Å²) in [6, 6.07) is 0.679. The van der Waals surface area contributed by atoms with Crippen molar-refractivity contribution < 1.29 is 22.5 Å². The van der Waals surface area contributed by atoms with Gasteiger partial charge in [-0.25, -0.2) is 0 Å². The lowest BCUT2D eigenvalue weighted by atomic mass is 10.2. The maximum atomic E-state index is 12.9. The normalized spacial score (nSPS) is 11.5. The number of rotatable bonds is 1. The molecule has 0 unspecified atom stereocenters. The molecule has 0 fully saturated rings. The van der Waals surface area contributed by atoms with Crippen molar-refractivity contribution in [1.29, 1.82) is 0 Å². The summed E-state index contributed by atoms with van der Waals surface area (Å²) >= 11 is 1.27. The van der Waals surface area contributed by atoms with E-state index in [1.165, 1.54) is 22.6 Å². The summed E-state index contributed by atoms with van der Waals surface area (Å²) in [4.78, 5) is 9.14. The maximum absolute atomic E-state index is 12.9. The van der Waals surface area contributed by atoms with E-state index >= 15 is 0 Å². The third kappa shape index (κ3) is 2.55. The van der Waals surface area contributed by atoms with Crippen molar-refractivity contribution in [3.8, 4) is 0 Å². The number of hydrogen-bond acceptors (Lipinski definition) is 2.